The molecule has 0 fully saturated rings. The van der Waals surface area contributed by atoms with Crippen molar-refractivity contribution in [3.8, 4) is 0 Å². The normalized spacial score (nSPS) is 10.1. The quantitative estimate of drug-likeness (QED) is 0.886. The van der Waals surface area contributed by atoms with Gasteiger partial charge in [-0.15, -0.1) is 0 Å². The number of nitrogens with two attached hydrogens (primary N) is 1. The number of rotatable bonds is 2. The fraction of sp³-hybridized carbons (Fsp3) is 0. The van der Waals surface area contributed by atoms with Gasteiger partial charge in [-0.25, -0.2) is 4.98 Å². The molecular weight excluding hydrogens is 289 g/mol. The lowest BCUT2D eigenvalue weighted by molar-refractivity contribution is 1.31. The molecule has 0 saturated carbocycles. The van der Waals surface area contributed by atoms with E-state index in [-0.39, 0.29) is 0 Å². The van der Waals surface area contributed by atoms with Crippen LogP contribution in [0, 0.1) is 0 Å². The van der Waals surface area contributed by atoms with Crippen molar-refractivity contribution in [2.24, 2.45) is 0 Å². The van der Waals surface area contributed by atoms with E-state index < -0.39 is 0 Å². The third kappa shape index (κ3) is 2.65. The van der Waals surface area contributed by atoms with E-state index in [4.69, 9.17) is 17.3 Å². The lowest BCUT2D eigenvalue weighted by atomic mass is 10.3. The SMILES string of the molecule is Nc1ccnc(Nc2ccc(Br)c(Cl)c2)c1. The molecule has 0 atom stereocenters. The molecule has 3 nitrogen and oxygen atoms in total. The van der Waals surface area contributed by atoms with Crippen LogP contribution in [0.5, 0.6) is 0 Å². The second kappa shape index (κ2) is 4.72. The van der Waals surface area contributed by atoms with Gasteiger partial charge in [0.05, 0.1) is 5.02 Å². The Labute approximate surface area is 107 Å². The fourth-order valence-corrected chi connectivity index (χ4v) is 1.66. The second-order valence-corrected chi connectivity index (χ2v) is 4.49. The number of halogens is 2. The summed E-state index contributed by atoms with van der Waals surface area (Å²) < 4.78 is 0.861. The van der Waals surface area contributed by atoms with Crippen LogP contribution < -0.4 is 11.1 Å². The Balaban J connectivity index is 2.24. The van der Waals surface area contributed by atoms with Gasteiger partial charge < -0.3 is 11.1 Å². The zero-order valence-electron chi connectivity index (χ0n) is 8.24. The van der Waals surface area contributed by atoms with Crippen molar-refractivity contribution in [3.05, 3.63) is 46.0 Å². The van der Waals surface area contributed by atoms with Crippen molar-refractivity contribution in [3.63, 3.8) is 0 Å². The Morgan fingerprint density at radius 2 is 2.06 bits per heavy atom. The monoisotopic (exact) mass is 297 g/mol. The number of hydrogen-bond acceptors (Lipinski definition) is 3. The number of pyridine rings is 1. The summed E-state index contributed by atoms with van der Waals surface area (Å²) in [4.78, 5) is 4.14. The second-order valence-electron chi connectivity index (χ2n) is 3.23. The predicted octanol–water partition coefficient (Wildman–Crippen LogP) is 3.82. The number of nitrogen functional groups attached to an aromatic ring is 1. The van der Waals surface area contributed by atoms with Crippen LogP contribution in [-0.2, 0) is 0 Å². The van der Waals surface area contributed by atoms with E-state index in [1.807, 2.05) is 18.2 Å². The smallest absolute Gasteiger partial charge is 0.132 e. The number of nitrogens with one attached hydrogen (secondary N) is 1. The number of nitrogens with zero attached hydrogens (tertiary/aromatic N) is 1. The Morgan fingerprint density at radius 1 is 1.25 bits per heavy atom. The van der Waals surface area contributed by atoms with Crippen LogP contribution in [0.15, 0.2) is 41.0 Å². The first-order valence-corrected chi connectivity index (χ1v) is 5.76. The zero-order chi connectivity index (χ0) is 11.5. The van der Waals surface area contributed by atoms with Gasteiger partial charge in [0.1, 0.15) is 5.82 Å². The summed E-state index contributed by atoms with van der Waals surface area (Å²) in [5, 5.41) is 3.76. The molecule has 0 saturated heterocycles. The van der Waals surface area contributed by atoms with Crippen LogP contribution in [0.3, 0.4) is 0 Å². The first-order chi connectivity index (χ1) is 7.65. The Bertz CT molecular complexity index is 516. The number of hydrogen-bond donors (Lipinski definition) is 2. The predicted molar refractivity (Wildman–Crippen MR) is 71.1 cm³/mol. The largest absolute Gasteiger partial charge is 0.399 e. The molecule has 1 aromatic heterocycles. The highest BCUT2D eigenvalue weighted by molar-refractivity contribution is 9.10. The van der Waals surface area contributed by atoms with Crippen LogP contribution in [0.2, 0.25) is 5.02 Å². The highest BCUT2D eigenvalue weighted by Crippen LogP contribution is 2.27. The fourth-order valence-electron chi connectivity index (χ4n) is 1.24. The van der Waals surface area contributed by atoms with Crippen LogP contribution in [-0.4, -0.2) is 4.98 Å². The number of anilines is 3. The van der Waals surface area contributed by atoms with Crippen LogP contribution in [0.25, 0.3) is 0 Å². The van der Waals surface area contributed by atoms with Gasteiger partial charge in [0.15, 0.2) is 0 Å². The molecule has 0 spiro atoms. The minimum Gasteiger partial charge on any atom is -0.399 e. The molecule has 0 aliphatic rings. The maximum Gasteiger partial charge on any atom is 0.132 e. The van der Waals surface area contributed by atoms with Gasteiger partial charge in [0, 0.05) is 28.1 Å². The van der Waals surface area contributed by atoms with Crippen molar-refractivity contribution >= 4 is 44.7 Å². The van der Waals surface area contributed by atoms with E-state index >= 15 is 0 Å². The molecule has 3 N–H and O–H groups in total. The van der Waals surface area contributed by atoms with Crippen LogP contribution >= 0.6 is 27.5 Å². The molecular formula is C11H9BrClN3. The standard InChI is InChI=1S/C11H9BrClN3/c12-9-2-1-8(6-10(9)13)16-11-5-7(14)3-4-15-11/h1-6H,(H3,14,15,16). The van der Waals surface area contributed by atoms with E-state index in [1.165, 1.54) is 0 Å². The molecule has 1 aromatic carbocycles. The van der Waals surface area contributed by atoms with Crippen molar-refractivity contribution in [2.75, 3.05) is 11.1 Å². The van der Waals surface area contributed by atoms with Crippen molar-refractivity contribution < 1.29 is 0 Å². The van der Waals surface area contributed by atoms with Crippen molar-refractivity contribution in [2.45, 2.75) is 0 Å². The highest BCUT2D eigenvalue weighted by Gasteiger charge is 2.00. The summed E-state index contributed by atoms with van der Waals surface area (Å²) in [5.74, 6) is 0.693. The maximum absolute atomic E-state index is 5.98. The van der Waals surface area contributed by atoms with Crippen molar-refractivity contribution in [1.82, 2.24) is 4.98 Å². The lowest BCUT2D eigenvalue weighted by Gasteiger charge is -2.06. The molecule has 0 aliphatic carbocycles. The summed E-state index contributed by atoms with van der Waals surface area (Å²) in [6, 6.07) is 9.09. The van der Waals surface area contributed by atoms with Crippen molar-refractivity contribution in [1.29, 1.82) is 0 Å². The first kappa shape index (κ1) is 11.2. The van der Waals surface area contributed by atoms with E-state index in [9.17, 15) is 0 Å². The Hall–Kier alpha value is -1.26. The molecule has 2 aromatic rings. The van der Waals surface area contributed by atoms with E-state index in [2.05, 4.69) is 26.2 Å². The number of aromatic nitrogens is 1. The summed E-state index contributed by atoms with van der Waals surface area (Å²) in [5.41, 5.74) is 7.19. The molecule has 82 valence electrons. The van der Waals surface area contributed by atoms with Gasteiger partial charge >= 0.3 is 0 Å². The summed E-state index contributed by atoms with van der Waals surface area (Å²) in [7, 11) is 0. The summed E-state index contributed by atoms with van der Waals surface area (Å²) in [6.45, 7) is 0. The highest BCUT2D eigenvalue weighted by atomic mass is 79.9. The lowest BCUT2D eigenvalue weighted by Crippen LogP contribution is -1.94. The molecule has 0 unspecified atom stereocenters. The average Bonchev–Trinajstić information content (AvgIpc) is 2.24. The third-order valence-electron chi connectivity index (χ3n) is 1.98. The first-order valence-electron chi connectivity index (χ1n) is 4.59. The van der Waals surface area contributed by atoms with Crippen LogP contribution in [0.1, 0.15) is 0 Å². The van der Waals surface area contributed by atoms with Gasteiger partial charge in [-0.05, 0) is 40.2 Å². The molecule has 1 heterocycles. The molecule has 2 rings (SSSR count). The van der Waals surface area contributed by atoms with Gasteiger partial charge in [-0.3, -0.25) is 0 Å². The molecule has 16 heavy (non-hydrogen) atoms. The van der Waals surface area contributed by atoms with Gasteiger partial charge in [-0.1, -0.05) is 11.6 Å². The zero-order valence-corrected chi connectivity index (χ0v) is 10.6. The number of benzene rings is 1. The average molecular weight is 299 g/mol. The molecule has 0 radical (unpaired) electrons. The summed E-state index contributed by atoms with van der Waals surface area (Å²) >= 11 is 9.31. The minimum absolute atomic E-state index is 0.647. The molecule has 0 bridgehead atoms. The van der Waals surface area contributed by atoms with Gasteiger partial charge in [-0.2, -0.15) is 0 Å². The van der Waals surface area contributed by atoms with E-state index in [0.29, 0.717) is 16.5 Å². The maximum atomic E-state index is 5.98. The minimum atomic E-state index is 0.647. The van der Waals surface area contributed by atoms with Gasteiger partial charge in [0.2, 0.25) is 0 Å². The van der Waals surface area contributed by atoms with E-state index in [1.54, 1.807) is 18.3 Å². The Kier molecular flexibility index (Phi) is 3.31. The summed E-state index contributed by atoms with van der Waals surface area (Å²) in [6.07, 6.45) is 1.65. The Morgan fingerprint density at radius 3 is 2.75 bits per heavy atom. The molecule has 0 aliphatic heterocycles. The topological polar surface area (TPSA) is 50.9 Å². The van der Waals surface area contributed by atoms with Gasteiger partial charge in [0.25, 0.3) is 0 Å². The molecule has 0 amide bonds. The molecule has 5 heteroatoms. The van der Waals surface area contributed by atoms with E-state index in [0.717, 1.165) is 10.2 Å². The van der Waals surface area contributed by atoms with Crippen LogP contribution in [0.4, 0.5) is 17.2 Å². The third-order valence-corrected chi connectivity index (χ3v) is 3.21.